The summed E-state index contributed by atoms with van der Waals surface area (Å²) in [5.41, 5.74) is 4.49. The third kappa shape index (κ3) is 4.17. The molecule has 0 saturated carbocycles. The highest BCUT2D eigenvalue weighted by atomic mass is 19.1. The first-order valence-corrected chi connectivity index (χ1v) is 5.94. The normalized spacial score (nSPS) is 10.8. The van der Waals surface area contributed by atoms with Crippen molar-refractivity contribution in [2.45, 2.75) is 20.0 Å². The predicted molar refractivity (Wildman–Crippen MR) is 68.8 cm³/mol. The van der Waals surface area contributed by atoms with E-state index in [1.54, 1.807) is 0 Å². The lowest BCUT2D eigenvalue weighted by molar-refractivity contribution is 0.0531. The van der Waals surface area contributed by atoms with E-state index in [1.807, 2.05) is 13.8 Å². The van der Waals surface area contributed by atoms with Gasteiger partial charge in [0.05, 0.1) is 12.7 Å². The van der Waals surface area contributed by atoms with Gasteiger partial charge in [-0.1, -0.05) is 0 Å². The van der Waals surface area contributed by atoms with Gasteiger partial charge in [-0.2, -0.15) is 0 Å². The minimum atomic E-state index is -0.935. The van der Waals surface area contributed by atoms with Crippen LogP contribution in [-0.4, -0.2) is 37.1 Å². The fourth-order valence-electron chi connectivity index (χ4n) is 1.46. The van der Waals surface area contributed by atoms with E-state index in [2.05, 4.69) is 0 Å². The van der Waals surface area contributed by atoms with Crippen LogP contribution in [0.2, 0.25) is 0 Å². The fraction of sp³-hybridized carbons (Fsp3) is 0.462. The van der Waals surface area contributed by atoms with Crippen molar-refractivity contribution in [3.8, 4) is 0 Å². The SMILES string of the molecule is CC(C)OCCN(C)C(=O)c1cc(F)c(N)c(F)c1. The molecule has 0 aliphatic heterocycles. The van der Waals surface area contributed by atoms with Crippen LogP contribution in [0.4, 0.5) is 14.5 Å². The molecular formula is C13H18F2N2O2. The minimum absolute atomic E-state index is 0.0647. The van der Waals surface area contributed by atoms with Gasteiger partial charge >= 0.3 is 0 Å². The zero-order valence-electron chi connectivity index (χ0n) is 11.2. The van der Waals surface area contributed by atoms with Gasteiger partial charge < -0.3 is 15.4 Å². The van der Waals surface area contributed by atoms with Crippen LogP contribution < -0.4 is 5.73 Å². The largest absolute Gasteiger partial charge is 0.394 e. The first kappa shape index (κ1) is 15.4. The van der Waals surface area contributed by atoms with Crippen LogP contribution in [0.15, 0.2) is 12.1 Å². The lowest BCUT2D eigenvalue weighted by atomic mass is 10.1. The molecule has 1 rings (SSSR count). The second-order valence-corrected chi connectivity index (χ2v) is 4.50. The molecule has 4 nitrogen and oxygen atoms in total. The van der Waals surface area contributed by atoms with Gasteiger partial charge in [0.15, 0.2) is 0 Å². The number of carbonyl (C=O) groups excluding carboxylic acids is 1. The van der Waals surface area contributed by atoms with E-state index in [9.17, 15) is 13.6 Å². The summed E-state index contributed by atoms with van der Waals surface area (Å²) in [5.74, 6) is -2.35. The summed E-state index contributed by atoms with van der Waals surface area (Å²) in [5, 5.41) is 0. The van der Waals surface area contributed by atoms with Crippen molar-refractivity contribution in [2.75, 3.05) is 25.9 Å². The quantitative estimate of drug-likeness (QED) is 0.835. The molecule has 0 saturated heterocycles. The molecule has 1 amide bonds. The third-order valence-corrected chi connectivity index (χ3v) is 2.55. The van der Waals surface area contributed by atoms with E-state index >= 15 is 0 Å². The summed E-state index contributed by atoms with van der Waals surface area (Å²) in [6.45, 7) is 4.46. The van der Waals surface area contributed by atoms with Crippen LogP contribution in [0.1, 0.15) is 24.2 Å². The zero-order valence-corrected chi connectivity index (χ0v) is 11.2. The van der Waals surface area contributed by atoms with Crippen molar-refractivity contribution in [3.05, 3.63) is 29.3 Å². The maximum atomic E-state index is 13.3. The van der Waals surface area contributed by atoms with Crippen molar-refractivity contribution in [1.29, 1.82) is 0 Å². The van der Waals surface area contributed by atoms with Gasteiger partial charge in [0.2, 0.25) is 0 Å². The molecule has 0 bridgehead atoms. The smallest absolute Gasteiger partial charge is 0.253 e. The minimum Gasteiger partial charge on any atom is -0.394 e. The van der Waals surface area contributed by atoms with Gasteiger partial charge in [0.25, 0.3) is 5.91 Å². The molecule has 0 atom stereocenters. The Morgan fingerprint density at radius 3 is 2.37 bits per heavy atom. The number of hydrogen-bond acceptors (Lipinski definition) is 3. The molecule has 0 aliphatic rings. The molecule has 1 aromatic rings. The number of halogens is 2. The highest BCUT2D eigenvalue weighted by molar-refractivity contribution is 5.94. The monoisotopic (exact) mass is 272 g/mol. The molecule has 0 spiro atoms. The summed E-state index contributed by atoms with van der Waals surface area (Å²) in [7, 11) is 1.54. The lowest BCUT2D eigenvalue weighted by Gasteiger charge is -2.18. The van der Waals surface area contributed by atoms with E-state index in [4.69, 9.17) is 10.5 Å². The molecule has 6 heteroatoms. The number of rotatable bonds is 5. The first-order chi connectivity index (χ1) is 8.82. The van der Waals surface area contributed by atoms with Crippen molar-refractivity contribution < 1.29 is 18.3 Å². The number of ether oxygens (including phenoxy) is 1. The van der Waals surface area contributed by atoms with Gasteiger partial charge in [-0.3, -0.25) is 4.79 Å². The maximum Gasteiger partial charge on any atom is 0.253 e. The van der Waals surface area contributed by atoms with Gasteiger partial charge in [-0.15, -0.1) is 0 Å². The number of nitrogens with two attached hydrogens (primary N) is 1. The Bertz CT molecular complexity index is 441. The number of carbonyl (C=O) groups is 1. The van der Waals surface area contributed by atoms with Crippen molar-refractivity contribution >= 4 is 11.6 Å². The van der Waals surface area contributed by atoms with Crippen LogP contribution >= 0.6 is 0 Å². The van der Waals surface area contributed by atoms with Gasteiger partial charge in [-0.25, -0.2) is 8.78 Å². The molecule has 1 aromatic carbocycles. The maximum absolute atomic E-state index is 13.3. The van der Waals surface area contributed by atoms with Crippen molar-refractivity contribution in [3.63, 3.8) is 0 Å². The molecular weight excluding hydrogens is 254 g/mol. The second kappa shape index (κ2) is 6.47. The number of hydrogen-bond donors (Lipinski definition) is 1. The Balaban J connectivity index is 2.72. The third-order valence-electron chi connectivity index (χ3n) is 2.55. The standard InChI is InChI=1S/C13H18F2N2O2/c1-8(2)19-5-4-17(3)13(18)9-6-10(14)12(16)11(15)7-9/h6-8H,4-5,16H2,1-3H3. The summed E-state index contributed by atoms with van der Waals surface area (Å²) in [4.78, 5) is 13.3. The molecule has 106 valence electrons. The van der Waals surface area contributed by atoms with Crippen LogP contribution in [0, 0.1) is 11.6 Å². The Hall–Kier alpha value is -1.69. The van der Waals surface area contributed by atoms with Crippen LogP contribution in [0.25, 0.3) is 0 Å². The summed E-state index contributed by atoms with van der Waals surface area (Å²) < 4.78 is 31.8. The fourth-order valence-corrected chi connectivity index (χ4v) is 1.46. The highest BCUT2D eigenvalue weighted by Crippen LogP contribution is 2.18. The number of benzene rings is 1. The van der Waals surface area contributed by atoms with E-state index in [1.165, 1.54) is 11.9 Å². The number of likely N-dealkylation sites (N-methyl/N-ethyl adjacent to an activating group) is 1. The number of nitrogen functional groups attached to an aromatic ring is 1. The first-order valence-electron chi connectivity index (χ1n) is 5.94. The van der Waals surface area contributed by atoms with Crippen LogP contribution in [0.5, 0.6) is 0 Å². The summed E-state index contributed by atoms with van der Waals surface area (Å²) in [6, 6.07) is 1.86. The Morgan fingerprint density at radius 2 is 1.89 bits per heavy atom. The molecule has 0 heterocycles. The molecule has 19 heavy (non-hydrogen) atoms. The highest BCUT2D eigenvalue weighted by Gasteiger charge is 2.16. The molecule has 0 radical (unpaired) electrons. The predicted octanol–water partition coefficient (Wildman–Crippen LogP) is 2.04. The number of nitrogens with zero attached hydrogens (tertiary/aromatic N) is 1. The average molecular weight is 272 g/mol. The molecule has 2 N–H and O–H groups in total. The Labute approximate surface area is 111 Å². The molecule has 0 unspecified atom stereocenters. The summed E-state index contributed by atoms with van der Waals surface area (Å²) in [6.07, 6.45) is 0.0647. The number of amides is 1. The summed E-state index contributed by atoms with van der Waals surface area (Å²) >= 11 is 0. The Kier molecular flexibility index (Phi) is 5.23. The van der Waals surface area contributed by atoms with Crippen molar-refractivity contribution in [2.24, 2.45) is 0 Å². The molecule has 0 aliphatic carbocycles. The van der Waals surface area contributed by atoms with E-state index < -0.39 is 23.2 Å². The Morgan fingerprint density at radius 1 is 1.37 bits per heavy atom. The lowest BCUT2D eigenvalue weighted by Crippen LogP contribution is -2.31. The van der Waals surface area contributed by atoms with E-state index in [-0.39, 0.29) is 11.7 Å². The van der Waals surface area contributed by atoms with Crippen LogP contribution in [-0.2, 0) is 4.74 Å². The van der Waals surface area contributed by atoms with E-state index in [0.717, 1.165) is 12.1 Å². The zero-order chi connectivity index (χ0) is 14.6. The average Bonchev–Trinajstić information content (AvgIpc) is 2.33. The topological polar surface area (TPSA) is 55.6 Å². The van der Waals surface area contributed by atoms with Crippen LogP contribution in [0.3, 0.4) is 0 Å². The van der Waals surface area contributed by atoms with Gasteiger partial charge in [0, 0.05) is 19.2 Å². The molecule has 0 aromatic heterocycles. The second-order valence-electron chi connectivity index (χ2n) is 4.50. The van der Waals surface area contributed by atoms with Crippen molar-refractivity contribution in [1.82, 2.24) is 4.90 Å². The van der Waals surface area contributed by atoms with Gasteiger partial charge in [-0.05, 0) is 26.0 Å². The van der Waals surface area contributed by atoms with Gasteiger partial charge in [0.1, 0.15) is 17.3 Å². The number of anilines is 1. The van der Waals surface area contributed by atoms with E-state index in [0.29, 0.717) is 13.2 Å². The molecule has 0 fully saturated rings.